The van der Waals surface area contributed by atoms with Crippen molar-refractivity contribution in [1.29, 1.82) is 0 Å². The molecule has 1 aliphatic carbocycles. The Balaban J connectivity index is 2.35. The molecule has 0 heterocycles. The summed E-state index contributed by atoms with van der Waals surface area (Å²) in [6, 6.07) is -0.0226. The predicted octanol–water partition coefficient (Wildman–Crippen LogP) is 2.37. The zero-order valence-electron chi connectivity index (χ0n) is 11.9. The van der Waals surface area contributed by atoms with Gasteiger partial charge in [-0.1, -0.05) is 33.1 Å². The van der Waals surface area contributed by atoms with Crippen LogP contribution in [0.3, 0.4) is 0 Å². The summed E-state index contributed by atoms with van der Waals surface area (Å²) >= 11 is 0. The first-order valence-electron chi connectivity index (χ1n) is 7.25. The second kappa shape index (κ2) is 7.62. The van der Waals surface area contributed by atoms with E-state index in [0.717, 1.165) is 25.9 Å². The molecule has 18 heavy (non-hydrogen) atoms. The molecule has 106 valence electrons. The molecule has 0 unspecified atom stereocenters. The fourth-order valence-corrected chi connectivity index (χ4v) is 2.59. The molecule has 0 aromatic heterocycles. The Kier molecular flexibility index (Phi) is 6.47. The van der Waals surface area contributed by atoms with Gasteiger partial charge in [0, 0.05) is 19.6 Å². The largest absolute Gasteiger partial charge is 0.395 e. The minimum atomic E-state index is -0.0226. The van der Waals surface area contributed by atoms with Crippen molar-refractivity contribution in [1.82, 2.24) is 10.2 Å². The van der Waals surface area contributed by atoms with Crippen LogP contribution in [0.2, 0.25) is 0 Å². The van der Waals surface area contributed by atoms with Crippen LogP contribution in [-0.4, -0.2) is 42.3 Å². The van der Waals surface area contributed by atoms with Gasteiger partial charge in [-0.2, -0.15) is 0 Å². The fourth-order valence-electron chi connectivity index (χ4n) is 2.59. The number of rotatable bonds is 7. The van der Waals surface area contributed by atoms with E-state index in [-0.39, 0.29) is 18.1 Å². The van der Waals surface area contributed by atoms with Crippen molar-refractivity contribution in [3.8, 4) is 0 Å². The van der Waals surface area contributed by atoms with E-state index in [0.29, 0.717) is 6.54 Å². The van der Waals surface area contributed by atoms with Crippen molar-refractivity contribution < 1.29 is 9.90 Å². The summed E-state index contributed by atoms with van der Waals surface area (Å²) in [6.07, 6.45) is 7.03. The van der Waals surface area contributed by atoms with Gasteiger partial charge in [0.25, 0.3) is 0 Å². The number of amides is 2. The van der Waals surface area contributed by atoms with Gasteiger partial charge in [0.05, 0.1) is 6.61 Å². The zero-order valence-corrected chi connectivity index (χ0v) is 11.9. The van der Waals surface area contributed by atoms with Crippen LogP contribution in [0.5, 0.6) is 0 Å². The molecule has 0 saturated heterocycles. The molecule has 0 aromatic carbocycles. The molecule has 0 aromatic rings. The molecular weight excluding hydrogens is 228 g/mol. The molecule has 0 spiro atoms. The molecule has 2 amide bonds. The van der Waals surface area contributed by atoms with Gasteiger partial charge in [-0.05, 0) is 24.7 Å². The number of aliphatic hydroxyl groups excluding tert-OH is 1. The van der Waals surface area contributed by atoms with Crippen LogP contribution in [0, 0.1) is 5.41 Å². The maximum absolute atomic E-state index is 12.0. The monoisotopic (exact) mass is 256 g/mol. The Morgan fingerprint density at radius 2 is 2.00 bits per heavy atom. The third-order valence-corrected chi connectivity index (χ3v) is 3.92. The number of urea groups is 1. The van der Waals surface area contributed by atoms with Crippen LogP contribution in [0.4, 0.5) is 4.79 Å². The van der Waals surface area contributed by atoms with Crippen LogP contribution in [-0.2, 0) is 0 Å². The minimum Gasteiger partial charge on any atom is -0.395 e. The van der Waals surface area contributed by atoms with Crippen molar-refractivity contribution in [2.75, 3.05) is 26.2 Å². The lowest BCUT2D eigenvalue weighted by molar-refractivity contribution is 0.171. The number of hydrogen-bond donors (Lipinski definition) is 2. The molecular formula is C14H28N2O2. The molecule has 1 aliphatic rings. The van der Waals surface area contributed by atoms with Gasteiger partial charge in [0.2, 0.25) is 0 Å². The lowest BCUT2D eigenvalue weighted by Crippen LogP contribution is -2.45. The van der Waals surface area contributed by atoms with Gasteiger partial charge in [0.1, 0.15) is 0 Å². The summed E-state index contributed by atoms with van der Waals surface area (Å²) in [5.41, 5.74) is 0.283. The Hall–Kier alpha value is -0.770. The van der Waals surface area contributed by atoms with Gasteiger partial charge < -0.3 is 15.3 Å². The van der Waals surface area contributed by atoms with E-state index in [4.69, 9.17) is 5.11 Å². The summed E-state index contributed by atoms with van der Waals surface area (Å²) in [4.78, 5) is 13.8. The third-order valence-electron chi connectivity index (χ3n) is 3.92. The Morgan fingerprint density at radius 3 is 2.56 bits per heavy atom. The average molecular weight is 256 g/mol. The lowest BCUT2D eigenvalue weighted by Gasteiger charge is -2.27. The Bertz CT molecular complexity index is 250. The topological polar surface area (TPSA) is 52.6 Å². The molecule has 1 fully saturated rings. The highest BCUT2D eigenvalue weighted by Gasteiger charge is 2.29. The van der Waals surface area contributed by atoms with Gasteiger partial charge in [0.15, 0.2) is 0 Å². The summed E-state index contributed by atoms with van der Waals surface area (Å²) < 4.78 is 0. The van der Waals surface area contributed by atoms with E-state index in [9.17, 15) is 4.79 Å². The molecule has 0 radical (unpaired) electrons. The van der Waals surface area contributed by atoms with Crippen molar-refractivity contribution in [3.63, 3.8) is 0 Å². The maximum Gasteiger partial charge on any atom is 0.317 e. The highest BCUT2D eigenvalue weighted by molar-refractivity contribution is 5.74. The second-order valence-corrected chi connectivity index (χ2v) is 5.74. The molecule has 0 aliphatic heterocycles. The third kappa shape index (κ3) is 4.84. The van der Waals surface area contributed by atoms with Gasteiger partial charge in [-0.3, -0.25) is 0 Å². The number of carbonyl (C=O) groups is 1. The van der Waals surface area contributed by atoms with Crippen molar-refractivity contribution >= 4 is 6.03 Å². The number of hydrogen-bond acceptors (Lipinski definition) is 2. The first kappa shape index (κ1) is 15.3. The van der Waals surface area contributed by atoms with Crippen LogP contribution in [0.25, 0.3) is 0 Å². The predicted molar refractivity (Wildman–Crippen MR) is 73.5 cm³/mol. The SMILES string of the molecule is CCCCN(CCO)C(=O)NCC1(C)CCCC1. The fraction of sp³-hybridized carbons (Fsp3) is 0.929. The quantitative estimate of drug-likeness (QED) is 0.735. The second-order valence-electron chi connectivity index (χ2n) is 5.74. The van der Waals surface area contributed by atoms with Crippen molar-refractivity contribution in [3.05, 3.63) is 0 Å². The number of nitrogens with one attached hydrogen (secondary N) is 1. The molecule has 0 bridgehead atoms. The van der Waals surface area contributed by atoms with Gasteiger partial charge >= 0.3 is 6.03 Å². The summed E-state index contributed by atoms with van der Waals surface area (Å²) in [7, 11) is 0. The van der Waals surface area contributed by atoms with Crippen LogP contribution >= 0.6 is 0 Å². The standard InChI is InChI=1S/C14H28N2O2/c1-3-4-9-16(10-11-17)13(18)15-12-14(2)7-5-6-8-14/h17H,3-12H2,1-2H3,(H,15,18). The summed E-state index contributed by atoms with van der Waals surface area (Å²) in [5.74, 6) is 0. The van der Waals surface area contributed by atoms with E-state index in [1.165, 1.54) is 25.7 Å². The van der Waals surface area contributed by atoms with Crippen LogP contribution < -0.4 is 5.32 Å². The highest BCUT2D eigenvalue weighted by atomic mass is 16.3. The molecule has 2 N–H and O–H groups in total. The van der Waals surface area contributed by atoms with E-state index >= 15 is 0 Å². The molecule has 4 nitrogen and oxygen atoms in total. The zero-order chi connectivity index (χ0) is 13.4. The maximum atomic E-state index is 12.0. The van der Waals surface area contributed by atoms with E-state index in [1.807, 2.05) is 0 Å². The first-order chi connectivity index (χ1) is 8.61. The number of carbonyl (C=O) groups excluding carboxylic acids is 1. The van der Waals surface area contributed by atoms with E-state index in [2.05, 4.69) is 19.2 Å². The molecule has 1 rings (SSSR count). The number of unbranched alkanes of at least 4 members (excludes halogenated alkanes) is 1. The lowest BCUT2D eigenvalue weighted by atomic mass is 9.89. The Morgan fingerprint density at radius 1 is 1.33 bits per heavy atom. The average Bonchev–Trinajstić information content (AvgIpc) is 2.79. The Labute approximate surface area is 111 Å². The van der Waals surface area contributed by atoms with E-state index in [1.54, 1.807) is 4.90 Å². The van der Waals surface area contributed by atoms with Crippen LogP contribution in [0.1, 0.15) is 52.4 Å². The summed E-state index contributed by atoms with van der Waals surface area (Å²) in [6.45, 7) is 6.33. The van der Waals surface area contributed by atoms with E-state index < -0.39 is 0 Å². The first-order valence-corrected chi connectivity index (χ1v) is 7.25. The van der Waals surface area contributed by atoms with Gasteiger partial charge in [-0.25, -0.2) is 4.79 Å². The number of aliphatic hydroxyl groups is 1. The molecule has 1 saturated carbocycles. The number of nitrogens with zero attached hydrogens (tertiary/aromatic N) is 1. The normalized spacial score (nSPS) is 17.7. The van der Waals surface area contributed by atoms with Crippen molar-refractivity contribution in [2.45, 2.75) is 52.4 Å². The van der Waals surface area contributed by atoms with Gasteiger partial charge in [-0.15, -0.1) is 0 Å². The molecule has 4 heteroatoms. The summed E-state index contributed by atoms with van der Waals surface area (Å²) in [5, 5.41) is 12.0. The molecule has 0 atom stereocenters. The van der Waals surface area contributed by atoms with Crippen molar-refractivity contribution in [2.24, 2.45) is 5.41 Å². The highest BCUT2D eigenvalue weighted by Crippen LogP contribution is 2.36. The minimum absolute atomic E-state index is 0.0226. The van der Waals surface area contributed by atoms with Crippen LogP contribution in [0.15, 0.2) is 0 Å². The smallest absolute Gasteiger partial charge is 0.317 e.